The molecule has 0 unspecified atom stereocenters. The maximum absolute atomic E-state index is 8.95. The number of aliphatic imine (C=N–C) groups is 1. The van der Waals surface area contributed by atoms with Gasteiger partial charge in [-0.3, -0.25) is 0 Å². The van der Waals surface area contributed by atoms with Gasteiger partial charge in [0.1, 0.15) is 0 Å². The van der Waals surface area contributed by atoms with E-state index in [4.69, 9.17) is 10.5 Å². The highest BCUT2D eigenvalue weighted by atomic mass is 14.8. The molecule has 1 heterocycles. The van der Waals surface area contributed by atoms with E-state index in [0.29, 0.717) is 17.5 Å². The lowest BCUT2D eigenvalue weighted by atomic mass is 9.97. The van der Waals surface area contributed by atoms with Crippen molar-refractivity contribution in [2.45, 2.75) is 6.42 Å². The molecule has 1 aromatic heterocycles. The molecule has 2 aromatic rings. The van der Waals surface area contributed by atoms with E-state index in [0.717, 1.165) is 22.2 Å². The second-order valence-corrected chi connectivity index (χ2v) is 4.28. The van der Waals surface area contributed by atoms with Crippen molar-refractivity contribution in [2.75, 3.05) is 0 Å². The van der Waals surface area contributed by atoms with Gasteiger partial charge in [0.2, 0.25) is 12.4 Å². The molecule has 1 aromatic carbocycles. The van der Waals surface area contributed by atoms with Gasteiger partial charge in [-0.25, -0.2) is 0 Å². The third-order valence-corrected chi connectivity index (χ3v) is 3.19. The number of aromatic amines is 1. The van der Waals surface area contributed by atoms with E-state index in [1.165, 1.54) is 0 Å². The van der Waals surface area contributed by atoms with E-state index in [2.05, 4.69) is 15.0 Å². The van der Waals surface area contributed by atoms with Crippen molar-refractivity contribution in [2.24, 2.45) is 9.98 Å². The Balaban J connectivity index is 2.53. The molecule has 0 radical (unpaired) electrons. The number of nitrogens with zero attached hydrogens (tertiary/aromatic N) is 4. The van der Waals surface area contributed by atoms with Gasteiger partial charge in [0, 0.05) is 28.6 Å². The topological polar surface area (TPSA) is 88.1 Å². The van der Waals surface area contributed by atoms with Crippen LogP contribution in [0.4, 0.5) is 0 Å². The molecule has 5 nitrogen and oxygen atoms in total. The normalized spacial score (nSPS) is 15.9. The molecule has 0 aliphatic heterocycles. The van der Waals surface area contributed by atoms with Crippen LogP contribution >= 0.6 is 0 Å². The Hall–Kier alpha value is -3.18. The number of pyridine rings is 1. The third-order valence-electron chi connectivity index (χ3n) is 3.19. The van der Waals surface area contributed by atoms with Crippen molar-refractivity contribution >= 4 is 22.7 Å². The molecule has 0 saturated heterocycles. The van der Waals surface area contributed by atoms with Crippen LogP contribution in [-0.2, 0) is 0 Å². The number of benzene rings is 1. The van der Waals surface area contributed by atoms with Crippen molar-refractivity contribution in [3.05, 3.63) is 47.0 Å². The monoisotopic (exact) mass is 259 g/mol. The first-order valence-electron chi connectivity index (χ1n) is 6.05. The number of para-hydroxylation sites is 1. The maximum atomic E-state index is 8.95. The Bertz CT molecular complexity index is 900. The smallest absolute Gasteiger partial charge is 0.206 e. The standard InChI is InChI=1S/C15H9N5/c16-8-18-12-6-3-7-13-14(12)15(19-9-17)10-4-1-2-5-11(10)20-13/h1-5,7H,6H2,(H,19,20). The van der Waals surface area contributed by atoms with Crippen LogP contribution < -0.4 is 5.36 Å². The molecule has 20 heavy (non-hydrogen) atoms. The van der Waals surface area contributed by atoms with Crippen molar-refractivity contribution in [3.63, 3.8) is 0 Å². The van der Waals surface area contributed by atoms with Crippen LogP contribution in [0.5, 0.6) is 0 Å². The fourth-order valence-corrected chi connectivity index (χ4v) is 2.40. The van der Waals surface area contributed by atoms with Crippen LogP contribution in [0.25, 0.3) is 17.0 Å². The Kier molecular flexibility index (Phi) is 2.87. The molecular formula is C15H9N5. The van der Waals surface area contributed by atoms with Crippen molar-refractivity contribution in [1.29, 1.82) is 10.5 Å². The predicted molar refractivity (Wildman–Crippen MR) is 75.3 cm³/mol. The molecule has 1 N–H and O–H groups in total. The first-order valence-corrected chi connectivity index (χ1v) is 6.05. The average Bonchev–Trinajstić information content (AvgIpc) is 2.47. The van der Waals surface area contributed by atoms with Crippen LogP contribution in [0.1, 0.15) is 17.7 Å². The molecule has 0 spiro atoms. The maximum Gasteiger partial charge on any atom is 0.206 e. The highest BCUT2D eigenvalue weighted by Crippen LogP contribution is 2.19. The molecule has 1 aliphatic carbocycles. The zero-order valence-electron chi connectivity index (χ0n) is 10.5. The van der Waals surface area contributed by atoms with Gasteiger partial charge in [0.15, 0.2) is 0 Å². The second-order valence-electron chi connectivity index (χ2n) is 4.28. The molecular weight excluding hydrogens is 250 g/mol. The van der Waals surface area contributed by atoms with E-state index in [1.54, 1.807) is 0 Å². The van der Waals surface area contributed by atoms with Crippen molar-refractivity contribution in [3.8, 4) is 12.4 Å². The molecule has 0 saturated carbocycles. The van der Waals surface area contributed by atoms with Crippen LogP contribution in [0.15, 0.2) is 40.3 Å². The summed E-state index contributed by atoms with van der Waals surface area (Å²) in [5.41, 5.74) is 3.07. The van der Waals surface area contributed by atoms with Gasteiger partial charge in [-0.15, -0.1) is 0 Å². The molecule has 0 fully saturated rings. The summed E-state index contributed by atoms with van der Waals surface area (Å²) >= 11 is 0. The summed E-state index contributed by atoms with van der Waals surface area (Å²) in [5, 5.41) is 19.2. The van der Waals surface area contributed by atoms with Crippen LogP contribution in [-0.4, -0.2) is 10.7 Å². The Morgan fingerprint density at radius 1 is 1.10 bits per heavy atom. The van der Waals surface area contributed by atoms with E-state index in [1.807, 2.05) is 48.8 Å². The fourth-order valence-electron chi connectivity index (χ4n) is 2.40. The summed E-state index contributed by atoms with van der Waals surface area (Å²) in [6, 6.07) is 7.62. The minimum atomic E-state index is 0.556. The molecule has 94 valence electrons. The van der Waals surface area contributed by atoms with Crippen molar-refractivity contribution in [1.82, 2.24) is 4.98 Å². The van der Waals surface area contributed by atoms with Crippen LogP contribution in [0, 0.1) is 22.9 Å². The number of allylic oxidation sites excluding steroid dienone is 1. The summed E-state index contributed by atoms with van der Waals surface area (Å²) in [5.74, 6) is 0. The van der Waals surface area contributed by atoms with Gasteiger partial charge in [-0.1, -0.05) is 24.3 Å². The van der Waals surface area contributed by atoms with E-state index in [9.17, 15) is 0 Å². The zero-order chi connectivity index (χ0) is 13.9. The largest absolute Gasteiger partial charge is 0.354 e. The van der Waals surface area contributed by atoms with Crippen LogP contribution in [0.2, 0.25) is 0 Å². The lowest BCUT2D eigenvalue weighted by Gasteiger charge is -2.14. The van der Waals surface area contributed by atoms with Gasteiger partial charge in [-0.2, -0.15) is 20.5 Å². The lowest BCUT2D eigenvalue weighted by Crippen LogP contribution is -2.22. The molecule has 0 bridgehead atoms. The number of fused-ring (bicyclic) bond motifs is 2. The average molecular weight is 259 g/mol. The Morgan fingerprint density at radius 2 is 1.90 bits per heavy atom. The van der Waals surface area contributed by atoms with Gasteiger partial charge in [-0.05, 0) is 12.1 Å². The molecule has 1 aliphatic rings. The quantitative estimate of drug-likeness (QED) is 0.735. The SMILES string of the molecule is N#CN=C1CC=Cc2[nH]c3ccccc3c(=NC#N)c21. The first kappa shape index (κ1) is 11.9. The third kappa shape index (κ3) is 1.79. The lowest BCUT2D eigenvalue weighted by molar-refractivity contribution is 1.23. The summed E-state index contributed by atoms with van der Waals surface area (Å²) < 4.78 is 0. The number of hydrogen-bond donors (Lipinski definition) is 1. The molecule has 0 atom stereocenters. The minimum absolute atomic E-state index is 0.556. The van der Waals surface area contributed by atoms with Crippen LogP contribution in [0.3, 0.4) is 0 Å². The van der Waals surface area contributed by atoms with Gasteiger partial charge < -0.3 is 4.98 Å². The predicted octanol–water partition coefficient (Wildman–Crippen LogP) is 2.24. The number of H-pyrrole nitrogens is 1. The van der Waals surface area contributed by atoms with Gasteiger partial charge in [0.25, 0.3) is 0 Å². The minimum Gasteiger partial charge on any atom is -0.354 e. The summed E-state index contributed by atoms with van der Waals surface area (Å²) in [6.07, 6.45) is 8.06. The van der Waals surface area contributed by atoms with Crippen molar-refractivity contribution < 1.29 is 0 Å². The molecule has 5 heteroatoms. The number of aromatic nitrogens is 1. The second kappa shape index (κ2) is 4.83. The summed E-state index contributed by atoms with van der Waals surface area (Å²) in [6.45, 7) is 0. The zero-order valence-corrected chi connectivity index (χ0v) is 10.5. The Labute approximate surface area is 114 Å². The molecule has 0 amide bonds. The van der Waals surface area contributed by atoms with Gasteiger partial charge >= 0.3 is 0 Å². The number of rotatable bonds is 0. The van der Waals surface area contributed by atoms with Gasteiger partial charge in [0.05, 0.1) is 11.1 Å². The number of hydrogen-bond acceptors (Lipinski definition) is 4. The number of nitriles is 2. The Morgan fingerprint density at radius 3 is 2.70 bits per heavy atom. The highest BCUT2D eigenvalue weighted by Gasteiger charge is 2.17. The molecule has 3 rings (SSSR count). The fraction of sp³-hybridized carbons (Fsp3) is 0.0667. The number of nitrogens with one attached hydrogen (secondary N) is 1. The first-order chi connectivity index (χ1) is 9.85. The summed E-state index contributed by atoms with van der Waals surface area (Å²) in [4.78, 5) is 11.1. The summed E-state index contributed by atoms with van der Waals surface area (Å²) in [7, 11) is 0. The highest BCUT2D eigenvalue weighted by molar-refractivity contribution is 6.08. The van der Waals surface area contributed by atoms with E-state index >= 15 is 0 Å². The van der Waals surface area contributed by atoms with E-state index in [-0.39, 0.29) is 0 Å². The van der Waals surface area contributed by atoms with E-state index < -0.39 is 0 Å².